The van der Waals surface area contributed by atoms with Crippen LogP contribution in [0.4, 0.5) is 0 Å². The smallest absolute Gasteiger partial charge is 0.311 e. The largest absolute Gasteiger partial charge is 0.481 e. The predicted octanol–water partition coefficient (Wildman–Crippen LogP) is 0.945. The fourth-order valence-corrected chi connectivity index (χ4v) is 3.23. The minimum absolute atomic E-state index is 0.0329. The number of nitrogens with one attached hydrogen (secondary N) is 1. The number of carboxylic acid groups (broad SMARTS) is 1. The zero-order chi connectivity index (χ0) is 14.0. The van der Waals surface area contributed by atoms with Gasteiger partial charge in [0, 0.05) is 19.6 Å². The van der Waals surface area contributed by atoms with E-state index in [1.807, 2.05) is 13.8 Å². The van der Waals surface area contributed by atoms with Gasteiger partial charge in [0.25, 0.3) is 0 Å². The van der Waals surface area contributed by atoms with Crippen molar-refractivity contribution in [2.45, 2.75) is 33.1 Å². The molecule has 0 bridgehead atoms. The fraction of sp³-hybridized carbons (Fsp3) is 0.857. The molecule has 2 rings (SSSR count). The maximum atomic E-state index is 12.4. The lowest BCUT2D eigenvalue weighted by Crippen LogP contribution is -2.45. The van der Waals surface area contributed by atoms with Gasteiger partial charge in [0.2, 0.25) is 5.91 Å². The van der Waals surface area contributed by atoms with Crippen molar-refractivity contribution in [2.75, 3.05) is 26.2 Å². The maximum absolute atomic E-state index is 12.4. The molecule has 2 N–H and O–H groups in total. The lowest BCUT2D eigenvalue weighted by Gasteiger charge is -2.30. The van der Waals surface area contributed by atoms with Crippen LogP contribution < -0.4 is 5.32 Å². The summed E-state index contributed by atoms with van der Waals surface area (Å²) in [5, 5.41) is 12.7. The number of carbonyl (C=O) groups excluding carboxylic acids is 1. The van der Waals surface area contributed by atoms with Crippen LogP contribution >= 0.6 is 0 Å². The molecule has 2 saturated heterocycles. The summed E-state index contributed by atoms with van der Waals surface area (Å²) in [4.78, 5) is 25.8. The highest BCUT2D eigenvalue weighted by atomic mass is 16.4. The summed E-state index contributed by atoms with van der Waals surface area (Å²) in [6, 6.07) is 0. The molecule has 2 atom stereocenters. The van der Waals surface area contributed by atoms with Crippen molar-refractivity contribution in [3.8, 4) is 0 Å². The summed E-state index contributed by atoms with van der Waals surface area (Å²) in [5.41, 5.74) is -0.752. The molecule has 5 nitrogen and oxygen atoms in total. The highest BCUT2D eigenvalue weighted by Gasteiger charge is 2.49. The van der Waals surface area contributed by atoms with Crippen LogP contribution in [-0.2, 0) is 9.59 Å². The zero-order valence-corrected chi connectivity index (χ0v) is 11.8. The van der Waals surface area contributed by atoms with Gasteiger partial charge in [0.05, 0.1) is 11.3 Å². The van der Waals surface area contributed by atoms with Gasteiger partial charge in [-0.1, -0.05) is 13.8 Å². The first-order chi connectivity index (χ1) is 8.97. The van der Waals surface area contributed by atoms with Gasteiger partial charge in [-0.05, 0) is 31.7 Å². The monoisotopic (exact) mass is 268 g/mol. The number of carbonyl (C=O) groups is 2. The Labute approximate surface area is 114 Å². The molecule has 1 amide bonds. The standard InChI is InChI=1S/C14H24N2O3/c1-10(2)14(13(18)19)5-7-16(9-14)12(17)11-4-3-6-15-8-11/h10-11,15H,3-9H2,1-2H3,(H,18,19)/t11-,14?/m1/s1. The molecule has 0 saturated carbocycles. The van der Waals surface area contributed by atoms with Gasteiger partial charge in [-0.25, -0.2) is 0 Å². The first kappa shape index (κ1) is 14.3. The van der Waals surface area contributed by atoms with E-state index in [9.17, 15) is 14.7 Å². The van der Waals surface area contributed by atoms with E-state index in [-0.39, 0.29) is 17.7 Å². The van der Waals surface area contributed by atoms with Crippen LogP contribution in [0.1, 0.15) is 33.1 Å². The minimum atomic E-state index is -0.764. The fourth-order valence-electron chi connectivity index (χ4n) is 3.23. The van der Waals surface area contributed by atoms with Crippen molar-refractivity contribution in [2.24, 2.45) is 17.3 Å². The summed E-state index contributed by atoms with van der Waals surface area (Å²) in [6.07, 6.45) is 2.52. The van der Waals surface area contributed by atoms with E-state index in [4.69, 9.17) is 0 Å². The third-order valence-corrected chi connectivity index (χ3v) is 4.79. The Balaban J connectivity index is 2.04. The molecule has 2 fully saturated rings. The van der Waals surface area contributed by atoms with E-state index in [2.05, 4.69) is 5.32 Å². The van der Waals surface area contributed by atoms with Crippen molar-refractivity contribution in [3.63, 3.8) is 0 Å². The Bertz CT molecular complexity index is 364. The first-order valence-electron chi connectivity index (χ1n) is 7.20. The van der Waals surface area contributed by atoms with Crippen molar-refractivity contribution in [3.05, 3.63) is 0 Å². The van der Waals surface area contributed by atoms with E-state index >= 15 is 0 Å². The Morgan fingerprint density at radius 1 is 1.42 bits per heavy atom. The molecule has 0 aliphatic carbocycles. The lowest BCUT2D eigenvalue weighted by molar-refractivity contribution is -0.151. The van der Waals surface area contributed by atoms with E-state index in [0.717, 1.165) is 25.9 Å². The summed E-state index contributed by atoms with van der Waals surface area (Å²) in [6.45, 7) is 6.54. The third kappa shape index (κ3) is 2.61. The average Bonchev–Trinajstić information content (AvgIpc) is 2.85. The molecule has 1 unspecified atom stereocenters. The quantitative estimate of drug-likeness (QED) is 0.799. The van der Waals surface area contributed by atoms with Gasteiger partial charge in [-0.3, -0.25) is 9.59 Å². The van der Waals surface area contributed by atoms with Crippen LogP contribution in [0.2, 0.25) is 0 Å². The minimum Gasteiger partial charge on any atom is -0.481 e. The Morgan fingerprint density at radius 2 is 2.16 bits per heavy atom. The lowest BCUT2D eigenvalue weighted by atomic mass is 9.76. The zero-order valence-electron chi connectivity index (χ0n) is 11.8. The third-order valence-electron chi connectivity index (χ3n) is 4.79. The number of piperidine rings is 1. The molecular formula is C14H24N2O3. The number of carboxylic acids is 1. The van der Waals surface area contributed by atoms with Crippen LogP contribution in [0.3, 0.4) is 0 Å². The highest BCUT2D eigenvalue weighted by Crippen LogP contribution is 2.38. The Hall–Kier alpha value is -1.10. The normalized spacial score (nSPS) is 31.7. The van der Waals surface area contributed by atoms with Crippen molar-refractivity contribution in [1.82, 2.24) is 10.2 Å². The van der Waals surface area contributed by atoms with E-state index in [1.165, 1.54) is 0 Å². The number of nitrogens with zero attached hydrogens (tertiary/aromatic N) is 1. The van der Waals surface area contributed by atoms with Gasteiger partial charge in [-0.15, -0.1) is 0 Å². The van der Waals surface area contributed by atoms with Crippen LogP contribution in [0.25, 0.3) is 0 Å². The number of hydrogen-bond donors (Lipinski definition) is 2. The van der Waals surface area contributed by atoms with E-state index in [1.54, 1.807) is 4.90 Å². The molecule has 2 heterocycles. The summed E-state index contributed by atoms with van der Waals surface area (Å²) < 4.78 is 0. The van der Waals surface area contributed by atoms with Gasteiger partial charge in [-0.2, -0.15) is 0 Å². The number of likely N-dealkylation sites (tertiary alicyclic amines) is 1. The Morgan fingerprint density at radius 3 is 2.63 bits per heavy atom. The molecule has 108 valence electrons. The second-order valence-electron chi connectivity index (χ2n) is 6.17. The van der Waals surface area contributed by atoms with Crippen molar-refractivity contribution >= 4 is 11.9 Å². The molecule has 0 aromatic heterocycles. The van der Waals surface area contributed by atoms with Crippen LogP contribution in [0.15, 0.2) is 0 Å². The van der Waals surface area contributed by atoms with Crippen molar-refractivity contribution in [1.29, 1.82) is 0 Å². The van der Waals surface area contributed by atoms with Gasteiger partial charge in [0.15, 0.2) is 0 Å². The van der Waals surface area contributed by atoms with Gasteiger partial charge >= 0.3 is 5.97 Å². The molecule has 0 spiro atoms. The molecular weight excluding hydrogens is 244 g/mol. The molecule has 0 aromatic rings. The Kier molecular flexibility index (Phi) is 4.13. The van der Waals surface area contributed by atoms with Crippen LogP contribution in [0.5, 0.6) is 0 Å². The van der Waals surface area contributed by atoms with Crippen LogP contribution in [-0.4, -0.2) is 48.1 Å². The van der Waals surface area contributed by atoms with Gasteiger partial charge < -0.3 is 15.3 Å². The van der Waals surface area contributed by atoms with Gasteiger partial charge in [0.1, 0.15) is 0 Å². The molecule has 0 radical (unpaired) electrons. The first-order valence-corrected chi connectivity index (χ1v) is 7.20. The SMILES string of the molecule is CC(C)C1(C(=O)O)CCN(C(=O)[C@@H]2CCCNC2)C1. The topological polar surface area (TPSA) is 69.6 Å². The molecule has 5 heteroatoms. The summed E-state index contributed by atoms with van der Waals surface area (Å²) in [5.74, 6) is -0.548. The average molecular weight is 268 g/mol. The number of rotatable bonds is 3. The second kappa shape index (κ2) is 5.49. The molecule has 2 aliphatic heterocycles. The summed E-state index contributed by atoms with van der Waals surface area (Å²) >= 11 is 0. The van der Waals surface area contributed by atoms with Crippen molar-refractivity contribution < 1.29 is 14.7 Å². The highest BCUT2D eigenvalue weighted by molar-refractivity contribution is 5.82. The molecule has 0 aromatic carbocycles. The van der Waals surface area contributed by atoms with E-state index in [0.29, 0.717) is 19.5 Å². The van der Waals surface area contributed by atoms with Crippen LogP contribution in [0, 0.1) is 17.3 Å². The van der Waals surface area contributed by atoms with E-state index < -0.39 is 11.4 Å². The number of amides is 1. The molecule has 19 heavy (non-hydrogen) atoms. The predicted molar refractivity (Wildman–Crippen MR) is 71.7 cm³/mol. The second-order valence-corrected chi connectivity index (χ2v) is 6.17. The number of hydrogen-bond acceptors (Lipinski definition) is 3. The maximum Gasteiger partial charge on any atom is 0.311 e. The molecule has 2 aliphatic rings. The summed E-state index contributed by atoms with van der Waals surface area (Å²) in [7, 11) is 0. The number of aliphatic carboxylic acids is 1.